The molecule has 90 valence electrons. The number of hydrogen-bond donors (Lipinski definition) is 0. The van der Waals surface area contributed by atoms with Crippen molar-refractivity contribution in [3.8, 4) is 0 Å². The number of amides is 1. The van der Waals surface area contributed by atoms with Gasteiger partial charge in [0.05, 0.1) is 13.0 Å². The molecule has 5 heteroatoms. The number of nitrogens with zero attached hydrogens (tertiary/aromatic N) is 1. The van der Waals surface area contributed by atoms with Gasteiger partial charge in [-0.3, -0.25) is 9.59 Å². The van der Waals surface area contributed by atoms with Crippen molar-refractivity contribution in [1.82, 2.24) is 0 Å². The minimum atomic E-state index is -0.494. The molecule has 1 aliphatic rings. The molecule has 0 N–H and O–H groups in total. The predicted molar refractivity (Wildman–Crippen MR) is 66.9 cm³/mol. The smallest absolute Gasteiger partial charge is 0.313 e. The summed E-state index contributed by atoms with van der Waals surface area (Å²) in [6.07, 6.45) is 0.164. The maximum absolute atomic E-state index is 11.8. The third-order valence-electron chi connectivity index (χ3n) is 2.97. The molecule has 4 nitrogen and oxygen atoms in total. The van der Waals surface area contributed by atoms with Gasteiger partial charge in [0, 0.05) is 23.6 Å². The summed E-state index contributed by atoms with van der Waals surface area (Å²) in [4.78, 5) is 25.0. The van der Waals surface area contributed by atoms with Crippen LogP contribution in [0.25, 0.3) is 0 Å². The van der Waals surface area contributed by atoms with Crippen LogP contribution in [0.1, 0.15) is 17.9 Å². The van der Waals surface area contributed by atoms with E-state index < -0.39 is 5.92 Å². The first-order valence-corrected chi connectivity index (χ1v) is 5.97. The first kappa shape index (κ1) is 12.1. The van der Waals surface area contributed by atoms with Gasteiger partial charge in [-0.05, 0) is 17.7 Å². The summed E-state index contributed by atoms with van der Waals surface area (Å²) in [5.41, 5.74) is 1.59. The first-order chi connectivity index (χ1) is 8.04. The lowest BCUT2D eigenvalue weighted by Crippen LogP contribution is -2.35. The summed E-state index contributed by atoms with van der Waals surface area (Å²) >= 11 is 3.36. The number of esters is 1. The minimum Gasteiger partial charge on any atom is -0.469 e. The standard InChI is InChI=1S/C12H12BrNO3/c1-14-10-5-7(13)3-4-8(10)9(6-11(14)15)12(16)17-2/h3-5,9H,6H2,1-2H3. The molecule has 1 heterocycles. The van der Waals surface area contributed by atoms with Crippen LogP contribution < -0.4 is 4.90 Å². The molecule has 0 radical (unpaired) electrons. The minimum absolute atomic E-state index is 0.0778. The fraction of sp³-hybridized carbons (Fsp3) is 0.333. The van der Waals surface area contributed by atoms with Crippen molar-refractivity contribution in [2.24, 2.45) is 0 Å². The van der Waals surface area contributed by atoms with Crippen LogP contribution in [-0.2, 0) is 14.3 Å². The molecule has 0 aromatic heterocycles. The molecule has 1 aliphatic heterocycles. The lowest BCUT2D eigenvalue weighted by molar-refractivity contribution is -0.144. The molecule has 0 spiro atoms. The number of hydrogen-bond acceptors (Lipinski definition) is 3. The molecular weight excluding hydrogens is 286 g/mol. The first-order valence-electron chi connectivity index (χ1n) is 5.18. The molecule has 0 fully saturated rings. The summed E-state index contributed by atoms with van der Waals surface area (Å²) in [7, 11) is 3.05. The highest BCUT2D eigenvalue weighted by atomic mass is 79.9. The Morgan fingerprint density at radius 1 is 1.53 bits per heavy atom. The zero-order valence-electron chi connectivity index (χ0n) is 9.57. The molecule has 1 unspecified atom stereocenters. The van der Waals surface area contributed by atoms with Gasteiger partial charge >= 0.3 is 5.97 Å². The van der Waals surface area contributed by atoms with Gasteiger partial charge in [0.25, 0.3) is 0 Å². The number of ether oxygens (including phenoxy) is 1. The maximum Gasteiger partial charge on any atom is 0.313 e. The predicted octanol–water partition coefficient (Wildman–Crippen LogP) is 2.07. The molecular formula is C12H12BrNO3. The van der Waals surface area contributed by atoms with E-state index in [0.717, 1.165) is 15.7 Å². The van der Waals surface area contributed by atoms with Crippen LogP contribution in [0.15, 0.2) is 22.7 Å². The number of fused-ring (bicyclic) bond motifs is 1. The summed E-state index contributed by atoms with van der Waals surface area (Å²) < 4.78 is 5.62. The number of rotatable bonds is 1. The maximum atomic E-state index is 11.8. The van der Waals surface area contributed by atoms with Crippen molar-refractivity contribution in [1.29, 1.82) is 0 Å². The SMILES string of the molecule is COC(=O)C1CC(=O)N(C)c2cc(Br)ccc21. The highest BCUT2D eigenvalue weighted by molar-refractivity contribution is 9.10. The molecule has 0 aliphatic carbocycles. The van der Waals surface area contributed by atoms with E-state index in [0.29, 0.717) is 0 Å². The molecule has 1 amide bonds. The zero-order chi connectivity index (χ0) is 12.6. The molecule has 0 bridgehead atoms. The average molecular weight is 298 g/mol. The Labute approximate surface area is 108 Å². The van der Waals surface area contributed by atoms with Crippen LogP contribution in [0.2, 0.25) is 0 Å². The number of carbonyl (C=O) groups excluding carboxylic acids is 2. The van der Waals surface area contributed by atoms with Gasteiger partial charge in [-0.15, -0.1) is 0 Å². The fourth-order valence-corrected chi connectivity index (χ4v) is 2.36. The van der Waals surface area contributed by atoms with Gasteiger partial charge in [-0.25, -0.2) is 0 Å². The van der Waals surface area contributed by atoms with E-state index >= 15 is 0 Å². The van der Waals surface area contributed by atoms with Crippen LogP contribution in [0.3, 0.4) is 0 Å². The van der Waals surface area contributed by atoms with E-state index in [1.165, 1.54) is 7.11 Å². The quantitative estimate of drug-likeness (QED) is 0.746. The van der Waals surface area contributed by atoms with Crippen molar-refractivity contribution in [2.45, 2.75) is 12.3 Å². The molecule has 0 saturated heterocycles. The Morgan fingerprint density at radius 2 is 2.24 bits per heavy atom. The highest BCUT2D eigenvalue weighted by Gasteiger charge is 2.34. The summed E-state index contributed by atoms with van der Waals surface area (Å²) in [5.74, 6) is -0.937. The lowest BCUT2D eigenvalue weighted by atomic mass is 9.90. The van der Waals surface area contributed by atoms with Crippen molar-refractivity contribution in [3.05, 3.63) is 28.2 Å². The number of benzene rings is 1. The summed E-state index contributed by atoms with van der Waals surface area (Å²) in [6, 6.07) is 5.55. The second kappa shape index (κ2) is 4.49. The van der Waals surface area contributed by atoms with E-state index in [2.05, 4.69) is 15.9 Å². The Morgan fingerprint density at radius 3 is 2.88 bits per heavy atom. The largest absolute Gasteiger partial charge is 0.469 e. The van der Waals surface area contributed by atoms with Gasteiger partial charge < -0.3 is 9.64 Å². The number of carbonyl (C=O) groups is 2. The number of methoxy groups -OCH3 is 1. The lowest BCUT2D eigenvalue weighted by Gasteiger charge is -2.30. The molecule has 1 aromatic rings. The van der Waals surface area contributed by atoms with Crippen LogP contribution in [-0.4, -0.2) is 26.0 Å². The normalized spacial score (nSPS) is 18.9. The van der Waals surface area contributed by atoms with E-state index in [4.69, 9.17) is 4.74 Å². The van der Waals surface area contributed by atoms with Crippen LogP contribution in [0, 0.1) is 0 Å². The Kier molecular flexibility index (Phi) is 3.19. The van der Waals surface area contributed by atoms with E-state index in [1.807, 2.05) is 18.2 Å². The van der Waals surface area contributed by atoms with Gasteiger partial charge in [0.15, 0.2) is 0 Å². The van der Waals surface area contributed by atoms with Gasteiger partial charge in [0.2, 0.25) is 5.91 Å². The van der Waals surface area contributed by atoms with Crippen LogP contribution in [0.4, 0.5) is 5.69 Å². The van der Waals surface area contributed by atoms with Gasteiger partial charge in [0.1, 0.15) is 0 Å². The third kappa shape index (κ3) is 2.07. The van der Waals surface area contributed by atoms with E-state index in [9.17, 15) is 9.59 Å². The van der Waals surface area contributed by atoms with E-state index in [-0.39, 0.29) is 18.3 Å². The topological polar surface area (TPSA) is 46.6 Å². The summed E-state index contributed by atoms with van der Waals surface area (Å²) in [5, 5.41) is 0. The van der Waals surface area contributed by atoms with Gasteiger partial charge in [-0.2, -0.15) is 0 Å². The number of anilines is 1. The van der Waals surface area contributed by atoms with Crippen molar-refractivity contribution in [2.75, 3.05) is 19.1 Å². The zero-order valence-corrected chi connectivity index (χ0v) is 11.2. The highest BCUT2D eigenvalue weighted by Crippen LogP contribution is 2.37. The molecule has 17 heavy (non-hydrogen) atoms. The van der Waals surface area contributed by atoms with Crippen LogP contribution in [0.5, 0.6) is 0 Å². The van der Waals surface area contributed by atoms with E-state index in [1.54, 1.807) is 11.9 Å². The fourth-order valence-electron chi connectivity index (χ4n) is 2.01. The second-order valence-corrected chi connectivity index (χ2v) is 4.85. The Bertz CT molecular complexity index is 487. The molecule has 1 atom stereocenters. The summed E-state index contributed by atoms with van der Waals surface area (Å²) in [6.45, 7) is 0. The van der Waals surface area contributed by atoms with Crippen LogP contribution >= 0.6 is 15.9 Å². The molecule has 2 rings (SSSR count). The molecule has 1 aromatic carbocycles. The Balaban J connectivity index is 2.53. The average Bonchev–Trinajstić information content (AvgIpc) is 2.33. The second-order valence-electron chi connectivity index (χ2n) is 3.94. The number of halogens is 1. The third-order valence-corrected chi connectivity index (χ3v) is 3.46. The van der Waals surface area contributed by atoms with Crippen molar-refractivity contribution >= 4 is 33.5 Å². The Hall–Kier alpha value is -1.36. The monoisotopic (exact) mass is 297 g/mol. The van der Waals surface area contributed by atoms with Gasteiger partial charge in [-0.1, -0.05) is 22.0 Å². The van der Waals surface area contributed by atoms with Crippen molar-refractivity contribution in [3.63, 3.8) is 0 Å². The molecule has 0 saturated carbocycles. The van der Waals surface area contributed by atoms with Crippen molar-refractivity contribution < 1.29 is 14.3 Å².